The van der Waals surface area contributed by atoms with E-state index < -0.39 is 23.6 Å². The molecule has 168 valence electrons. The fraction of sp³-hybridized carbons (Fsp3) is 0.273. The highest BCUT2D eigenvalue weighted by molar-refractivity contribution is 7.99. The van der Waals surface area contributed by atoms with Gasteiger partial charge in [-0.25, -0.2) is 8.78 Å². The lowest BCUT2D eigenvalue weighted by molar-refractivity contribution is -0.113. The lowest BCUT2D eigenvalue weighted by atomic mass is 10.0. The third-order valence-corrected chi connectivity index (χ3v) is 5.68. The van der Waals surface area contributed by atoms with Gasteiger partial charge in [-0.3, -0.25) is 9.59 Å². The first-order valence-electron chi connectivity index (χ1n) is 9.89. The van der Waals surface area contributed by atoms with Crippen molar-refractivity contribution in [2.45, 2.75) is 25.0 Å². The van der Waals surface area contributed by atoms with E-state index in [2.05, 4.69) is 20.8 Å². The smallest absolute Gasteiger partial charge is 0.254 e. The topological polar surface area (TPSA) is 88.9 Å². The number of benzene rings is 2. The summed E-state index contributed by atoms with van der Waals surface area (Å²) in [6.45, 7) is 3.81. The van der Waals surface area contributed by atoms with Gasteiger partial charge in [0.1, 0.15) is 11.6 Å². The van der Waals surface area contributed by atoms with Crippen molar-refractivity contribution in [3.63, 3.8) is 0 Å². The molecule has 2 aromatic carbocycles. The number of thioether (sulfide) groups is 1. The summed E-state index contributed by atoms with van der Waals surface area (Å²) in [4.78, 5) is 24.8. The van der Waals surface area contributed by atoms with Crippen LogP contribution in [-0.4, -0.2) is 32.3 Å². The van der Waals surface area contributed by atoms with E-state index in [0.717, 1.165) is 11.8 Å². The Bertz CT molecular complexity index is 1120. The number of nitrogens with zero attached hydrogens (tertiary/aromatic N) is 3. The molecule has 1 aromatic heterocycles. The second kappa shape index (κ2) is 10.4. The van der Waals surface area contributed by atoms with E-state index in [4.69, 9.17) is 0 Å². The van der Waals surface area contributed by atoms with E-state index in [1.54, 1.807) is 23.7 Å². The van der Waals surface area contributed by atoms with Gasteiger partial charge in [0.05, 0.1) is 17.4 Å². The Morgan fingerprint density at radius 2 is 1.84 bits per heavy atom. The first-order valence-corrected chi connectivity index (χ1v) is 10.9. The summed E-state index contributed by atoms with van der Waals surface area (Å²) >= 11 is 1.16. The molecule has 7 nitrogen and oxygen atoms in total. The number of carbonyl (C=O) groups is 2. The van der Waals surface area contributed by atoms with Crippen LogP contribution in [0, 0.1) is 17.6 Å². The highest BCUT2D eigenvalue weighted by Gasteiger charge is 2.26. The minimum absolute atomic E-state index is 0.0381. The Labute approximate surface area is 188 Å². The average Bonchev–Trinajstić information content (AvgIpc) is 3.10. The van der Waals surface area contributed by atoms with Gasteiger partial charge in [0, 0.05) is 12.7 Å². The second-order valence-corrected chi connectivity index (χ2v) is 8.36. The Balaban J connectivity index is 1.67. The van der Waals surface area contributed by atoms with Gasteiger partial charge in [-0.15, -0.1) is 10.2 Å². The summed E-state index contributed by atoms with van der Waals surface area (Å²) in [5, 5.41) is 14.2. The van der Waals surface area contributed by atoms with Crippen molar-refractivity contribution >= 4 is 29.3 Å². The average molecular weight is 460 g/mol. The number of halogens is 2. The van der Waals surface area contributed by atoms with Crippen molar-refractivity contribution in [1.29, 1.82) is 0 Å². The molecular formula is C22H23F2N5O2S. The summed E-state index contributed by atoms with van der Waals surface area (Å²) in [6.07, 6.45) is 0. The Morgan fingerprint density at radius 3 is 2.53 bits per heavy atom. The minimum Gasteiger partial charge on any atom is -0.342 e. The van der Waals surface area contributed by atoms with Crippen LogP contribution in [0.25, 0.3) is 0 Å². The molecule has 32 heavy (non-hydrogen) atoms. The normalized spacial score (nSPS) is 11.9. The van der Waals surface area contributed by atoms with Crippen LogP contribution in [0.2, 0.25) is 0 Å². The molecule has 0 fully saturated rings. The summed E-state index contributed by atoms with van der Waals surface area (Å²) in [5.74, 6) is -1.44. The summed E-state index contributed by atoms with van der Waals surface area (Å²) in [5.41, 5.74) is 0.314. The molecule has 0 aliphatic heterocycles. The summed E-state index contributed by atoms with van der Waals surface area (Å²) in [6, 6.07) is 10.9. The fourth-order valence-electron chi connectivity index (χ4n) is 3.01. The van der Waals surface area contributed by atoms with E-state index in [1.165, 1.54) is 36.4 Å². The molecule has 10 heteroatoms. The van der Waals surface area contributed by atoms with Gasteiger partial charge in [0.15, 0.2) is 11.0 Å². The monoisotopic (exact) mass is 459 g/mol. The lowest BCUT2D eigenvalue weighted by Gasteiger charge is -2.21. The first kappa shape index (κ1) is 23.4. The zero-order valence-corrected chi connectivity index (χ0v) is 18.6. The molecule has 1 heterocycles. The third-order valence-electron chi connectivity index (χ3n) is 4.66. The fourth-order valence-corrected chi connectivity index (χ4v) is 3.73. The Morgan fingerprint density at radius 1 is 1.09 bits per heavy atom. The van der Waals surface area contributed by atoms with E-state index in [1.807, 2.05) is 13.8 Å². The van der Waals surface area contributed by atoms with Crippen LogP contribution >= 0.6 is 11.8 Å². The molecule has 0 aliphatic rings. The predicted octanol–water partition coefficient (Wildman–Crippen LogP) is 3.95. The second-order valence-electron chi connectivity index (χ2n) is 7.42. The third kappa shape index (κ3) is 5.70. The van der Waals surface area contributed by atoms with Crippen molar-refractivity contribution in [3.05, 3.63) is 71.6 Å². The lowest BCUT2D eigenvalue weighted by Crippen LogP contribution is -2.34. The highest BCUT2D eigenvalue weighted by atomic mass is 32.2. The summed E-state index contributed by atoms with van der Waals surface area (Å²) < 4.78 is 28.9. The van der Waals surface area contributed by atoms with Gasteiger partial charge in [-0.05, 0) is 36.2 Å². The molecule has 0 bridgehead atoms. The molecular weight excluding hydrogens is 436 g/mol. The van der Waals surface area contributed by atoms with Crippen molar-refractivity contribution in [1.82, 2.24) is 20.1 Å². The van der Waals surface area contributed by atoms with E-state index in [-0.39, 0.29) is 23.1 Å². The first-order chi connectivity index (χ1) is 15.3. The van der Waals surface area contributed by atoms with Crippen LogP contribution in [0.5, 0.6) is 0 Å². The molecule has 0 saturated carbocycles. The number of hydrogen-bond acceptors (Lipinski definition) is 5. The van der Waals surface area contributed by atoms with Crippen LogP contribution in [0.3, 0.4) is 0 Å². The maximum atomic E-state index is 14.0. The molecule has 1 unspecified atom stereocenters. The molecule has 2 N–H and O–H groups in total. The zero-order chi connectivity index (χ0) is 23.3. The Hall–Kier alpha value is -3.27. The van der Waals surface area contributed by atoms with E-state index >= 15 is 0 Å². The van der Waals surface area contributed by atoms with Crippen LogP contribution in [0.4, 0.5) is 14.5 Å². The number of anilines is 1. The van der Waals surface area contributed by atoms with Gasteiger partial charge in [-0.2, -0.15) is 0 Å². The van der Waals surface area contributed by atoms with E-state index in [9.17, 15) is 18.4 Å². The van der Waals surface area contributed by atoms with Crippen molar-refractivity contribution < 1.29 is 18.4 Å². The Kier molecular flexibility index (Phi) is 7.57. The summed E-state index contributed by atoms with van der Waals surface area (Å²) in [7, 11) is 1.73. The number of nitrogens with one attached hydrogen (secondary N) is 2. The number of hydrogen-bond donors (Lipinski definition) is 2. The maximum Gasteiger partial charge on any atom is 0.254 e. The van der Waals surface area contributed by atoms with Crippen LogP contribution in [0.1, 0.15) is 36.1 Å². The molecule has 0 aliphatic carbocycles. The zero-order valence-electron chi connectivity index (χ0n) is 17.8. The minimum atomic E-state index is -0.606. The number of aromatic nitrogens is 3. The van der Waals surface area contributed by atoms with E-state index in [0.29, 0.717) is 16.7 Å². The molecule has 1 atom stereocenters. The largest absolute Gasteiger partial charge is 0.342 e. The van der Waals surface area contributed by atoms with Crippen LogP contribution in [-0.2, 0) is 11.8 Å². The van der Waals surface area contributed by atoms with Gasteiger partial charge in [0.25, 0.3) is 5.91 Å². The highest BCUT2D eigenvalue weighted by Crippen LogP contribution is 2.25. The number of rotatable bonds is 8. The molecule has 2 amide bonds. The van der Waals surface area contributed by atoms with Gasteiger partial charge in [0.2, 0.25) is 5.91 Å². The van der Waals surface area contributed by atoms with Gasteiger partial charge < -0.3 is 15.2 Å². The number of carbonyl (C=O) groups excluding carboxylic acids is 2. The SMILES string of the molecule is CC(C)C(NC(=O)c1ccccc1F)c1nnc(SCC(=O)Nc2cccc(F)c2)n1C. The molecule has 3 aromatic rings. The quantitative estimate of drug-likeness (QED) is 0.498. The van der Waals surface area contributed by atoms with Crippen molar-refractivity contribution in [3.8, 4) is 0 Å². The van der Waals surface area contributed by atoms with Crippen LogP contribution in [0.15, 0.2) is 53.7 Å². The molecule has 3 rings (SSSR count). The van der Waals surface area contributed by atoms with Crippen molar-refractivity contribution in [2.75, 3.05) is 11.1 Å². The molecule has 0 spiro atoms. The standard InChI is InChI=1S/C22H23F2N5O2S/c1-13(2)19(26-21(31)16-9-4-5-10-17(16)24)20-27-28-22(29(20)3)32-12-18(30)25-15-8-6-7-14(23)11-15/h4-11,13,19H,12H2,1-3H3,(H,25,30)(H,26,31). The van der Waals surface area contributed by atoms with Gasteiger partial charge >= 0.3 is 0 Å². The van der Waals surface area contributed by atoms with Crippen molar-refractivity contribution in [2.24, 2.45) is 13.0 Å². The van der Waals surface area contributed by atoms with Crippen LogP contribution < -0.4 is 10.6 Å². The van der Waals surface area contributed by atoms with Gasteiger partial charge in [-0.1, -0.05) is 43.8 Å². The molecule has 0 radical (unpaired) electrons. The number of amides is 2. The predicted molar refractivity (Wildman–Crippen MR) is 118 cm³/mol. The maximum absolute atomic E-state index is 14.0. The molecule has 0 saturated heterocycles.